The molecule has 0 saturated carbocycles. The normalized spacial score (nSPS) is 19.5. The van der Waals surface area contributed by atoms with Gasteiger partial charge in [-0.15, -0.1) is 0 Å². The third kappa shape index (κ3) is 14.9. The summed E-state index contributed by atoms with van der Waals surface area (Å²) in [7, 11) is 6.32. The standard InChI is InChI=1S/C49H78N6O11/c1-12-32(6)44(37(65-10)29-41(59)54-27-19-22-36(54)45(66-11)33(7)46(60)50-35(49(63)64)28-34-20-15-13-16-21-34)53(9)48(62)42(30(2)3)51-47(61)43(31(4)5)52(8)38(56)23-17-14-18-26-55-39(57)24-25-40(55)58/h13,15-16,20-21,24-25,30-33,35-37,41-45,59H,12,14,17-19,22-23,26-29H2,1-11H3,(H,50,60)(H,51,61)(H,63,64)/t32-,33+,35-,36-,37+,41?,42-,43-,44-,45+/m0/s1. The topological polar surface area (TPSA) is 215 Å². The summed E-state index contributed by atoms with van der Waals surface area (Å²) < 4.78 is 12.0. The molecule has 0 aliphatic carbocycles. The molecule has 17 nitrogen and oxygen atoms in total. The molecule has 0 bridgehead atoms. The number of rotatable bonds is 28. The lowest BCUT2D eigenvalue weighted by molar-refractivity contribution is -0.148. The highest BCUT2D eigenvalue weighted by molar-refractivity contribution is 6.12. The van der Waals surface area contributed by atoms with Crippen LogP contribution in [0.2, 0.25) is 0 Å². The van der Waals surface area contributed by atoms with Crippen molar-refractivity contribution in [1.29, 1.82) is 0 Å². The van der Waals surface area contributed by atoms with E-state index in [1.54, 1.807) is 33.0 Å². The molecule has 4 N–H and O–H groups in total. The van der Waals surface area contributed by atoms with Crippen LogP contribution in [-0.4, -0.2) is 161 Å². The van der Waals surface area contributed by atoms with Crippen molar-refractivity contribution in [3.63, 3.8) is 0 Å². The number of unbranched alkanes of at least 4 members (excludes halogenated alkanes) is 2. The Balaban J connectivity index is 1.71. The number of nitrogens with one attached hydrogen (secondary N) is 2. The highest BCUT2D eigenvalue weighted by Gasteiger charge is 2.44. The predicted octanol–water partition coefficient (Wildman–Crippen LogP) is 3.62. The molecule has 2 heterocycles. The van der Waals surface area contributed by atoms with Crippen LogP contribution in [-0.2, 0) is 49.5 Å². The van der Waals surface area contributed by atoms with Gasteiger partial charge in [-0.25, -0.2) is 4.79 Å². The Hall–Kier alpha value is -4.71. The predicted molar refractivity (Wildman–Crippen MR) is 249 cm³/mol. The van der Waals surface area contributed by atoms with E-state index in [1.165, 1.54) is 29.1 Å². The lowest BCUT2D eigenvalue weighted by Crippen LogP contribution is -2.60. The molecule has 10 atom stereocenters. The van der Waals surface area contributed by atoms with Crippen molar-refractivity contribution in [2.45, 2.75) is 155 Å². The van der Waals surface area contributed by atoms with E-state index in [9.17, 15) is 43.8 Å². The summed E-state index contributed by atoms with van der Waals surface area (Å²) in [6.45, 7) is 13.9. The summed E-state index contributed by atoms with van der Waals surface area (Å²) >= 11 is 0. The van der Waals surface area contributed by atoms with Gasteiger partial charge < -0.3 is 40.1 Å². The zero-order valence-corrected chi connectivity index (χ0v) is 41.1. The van der Waals surface area contributed by atoms with E-state index in [4.69, 9.17) is 9.47 Å². The average molecular weight is 927 g/mol. The Kier molecular flexibility index (Phi) is 22.4. The smallest absolute Gasteiger partial charge is 0.326 e. The van der Waals surface area contributed by atoms with Gasteiger partial charge in [0, 0.05) is 78.9 Å². The summed E-state index contributed by atoms with van der Waals surface area (Å²) in [6, 6.07) is 5.22. The highest BCUT2D eigenvalue weighted by Crippen LogP contribution is 2.31. The molecule has 0 spiro atoms. The summed E-state index contributed by atoms with van der Waals surface area (Å²) in [6.07, 6.45) is 4.22. The molecule has 0 radical (unpaired) electrons. The molecule has 3 rings (SSSR count). The van der Waals surface area contributed by atoms with Crippen LogP contribution >= 0.6 is 0 Å². The van der Waals surface area contributed by atoms with E-state index in [1.807, 2.05) is 76.8 Å². The number of carboxylic acid groups (broad SMARTS) is 1. The highest BCUT2D eigenvalue weighted by atomic mass is 16.5. The number of likely N-dealkylation sites (N-methyl/N-ethyl adjacent to an activating group) is 2. The lowest BCUT2D eigenvalue weighted by Gasteiger charge is -2.42. The van der Waals surface area contributed by atoms with E-state index in [2.05, 4.69) is 10.6 Å². The molecule has 370 valence electrons. The van der Waals surface area contributed by atoms with Crippen molar-refractivity contribution >= 4 is 41.4 Å². The first-order valence-electron chi connectivity index (χ1n) is 23.6. The maximum Gasteiger partial charge on any atom is 0.326 e. The number of carbonyl (C=O) groups is 7. The maximum atomic E-state index is 14.6. The molecule has 6 amide bonds. The monoisotopic (exact) mass is 927 g/mol. The second kappa shape index (κ2) is 26.6. The van der Waals surface area contributed by atoms with Gasteiger partial charge in [0.25, 0.3) is 11.8 Å². The number of hydrogen-bond acceptors (Lipinski definition) is 11. The molecule has 2 aliphatic heterocycles. The second-order valence-electron chi connectivity index (χ2n) is 18.7. The zero-order chi connectivity index (χ0) is 49.4. The van der Waals surface area contributed by atoms with Gasteiger partial charge in [-0.2, -0.15) is 0 Å². The van der Waals surface area contributed by atoms with Gasteiger partial charge in [0.05, 0.1) is 24.2 Å². The van der Waals surface area contributed by atoms with E-state index in [0.717, 1.165) is 12.0 Å². The first kappa shape index (κ1) is 55.6. The van der Waals surface area contributed by atoms with E-state index in [0.29, 0.717) is 38.6 Å². The molecule has 1 fully saturated rings. The Labute approximate surface area is 392 Å². The van der Waals surface area contributed by atoms with Crippen molar-refractivity contribution in [3.05, 3.63) is 48.0 Å². The van der Waals surface area contributed by atoms with Crippen LogP contribution in [0.15, 0.2) is 42.5 Å². The fourth-order valence-electron chi connectivity index (χ4n) is 9.44. The fourth-order valence-corrected chi connectivity index (χ4v) is 9.44. The minimum Gasteiger partial charge on any atom is -0.480 e. The van der Waals surface area contributed by atoms with Crippen LogP contribution in [0.25, 0.3) is 0 Å². The van der Waals surface area contributed by atoms with Gasteiger partial charge in [-0.1, -0.05) is 91.6 Å². The Bertz CT molecular complexity index is 1790. The minimum atomic E-state index is -1.15. The first-order valence-corrected chi connectivity index (χ1v) is 23.6. The minimum absolute atomic E-state index is 0.0948. The molecule has 66 heavy (non-hydrogen) atoms. The molecule has 1 unspecified atom stereocenters. The molecule has 0 aromatic heterocycles. The van der Waals surface area contributed by atoms with Crippen LogP contribution < -0.4 is 10.6 Å². The largest absolute Gasteiger partial charge is 0.480 e. The number of carbonyl (C=O) groups excluding carboxylic acids is 6. The molecular formula is C49H78N6O11. The average Bonchev–Trinajstić information content (AvgIpc) is 3.89. The van der Waals surface area contributed by atoms with E-state index < -0.39 is 66.3 Å². The fraction of sp³-hybridized carbons (Fsp3) is 0.694. The lowest BCUT2D eigenvalue weighted by atomic mass is 9.89. The quantitative estimate of drug-likeness (QED) is 0.0701. The van der Waals surface area contributed by atoms with Crippen molar-refractivity contribution in [2.75, 3.05) is 41.4 Å². The molecule has 1 aromatic carbocycles. The van der Waals surface area contributed by atoms with Crippen LogP contribution in [0, 0.1) is 23.7 Å². The number of aliphatic carboxylic acids is 1. The Morgan fingerprint density at radius 1 is 0.848 bits per heavy atom. The Morgan fingerprint density at radius 3 is 2.03 bits per heavy atom. The van der Waals surface area contributed by atoms with Crippen LogP contribution in [0.5, 0.6) is 0 Å². The first-order chi connectivity index (χ1) is 31.2. The van der Waals surface area contributed by atoms with E-state index >= 15 is 0 Å². The number of methoxy groups -OCH3 is 2. The molecule has 1 aromatic rings. The summed E-state index contributed by atoms with van der Waals surface area (Å²) in [5.74, 6) is -4.79. The number of aliphatic hydroxyl groups is 1. The summed E-state index contributed by atoms with van der Waals surface area (Å²) in [4.78, 5) is 97.6. The summed E-state index contributed by atoms with van der Waals surface area (Å²) in [5.41, 5.74) is 0.774. The number of aliphatic hydroxyl groups excluding tert-OH is 1. The number of likely N-dealkylation sites (tertiary alicyclic amines) is 1. The van der Waals surface area contributed by atoms with Crippen LogP contribution in [0.3, 0.4) is 0 Å². The number of carboxylic acids is 1. The maximum absolute atomic E-state index is 14.6. The third-order valence-corrected chi connectivity index (χ3v) is 13.4. The van der Waals surface area contributed by atoms with Gasteiger partial charge in [0.2, 0.25) is 23.6 Å². The van der Waals surface area contributed by atoms with E-state index in [-0.39, 0.29) is 73.2 Å². The zero-order valence-electron chi connectivity index (χ0n) is 41.1. The Morgan fingerprint density at radius 2 is 1.48 bits per heavy atom. The van der Waals surface area contributed by atoms with Crippen molar-refractivity contribution < 1.29 is 53.2 Å². The SMILES string of the molecule is CC[C@H](C)[C@@H]([C@@H](CC(O)N1CCC[C@H]1[C@H](OC)[C@@H](C)C(=O)N[C@@H](Cc1ccccc1)C(=O)O)OC)N(C)C(=O)[C@@H](NC(=O)[C@H](C(C)C)N(C)C(=O)CCCCCN1C(=O)C=CC1=O)C(C)C. The van der Waals surface area contributed by atoms with Crippen LogP contribution in [0.4, 0.5) is 0 Å². The molecule has 1 saturated heterocycles. The number of ether oxygens (including phenoxy) is 2. The van der Waals surface area contributed by atoms with Gasteiger partial charge in [0.1, 0.15) is 24.4 Å². The van der Waals surface area contributed by atoms with Gasteiger partial charge in [-0.05, 0) is 49.0 Å². The molecule has 17 heteroatoms. The number of imide groups is 1. The van der Waals surface area contributed by atoms with Crippen molar-refractivity contribution in [3.8, 4) is 0 Å². The van der Waals surface area contributed by atoms with Gasteiger partial charge in [0.15, 0.2) is 0 Å². The second-order valence-corrected chi connectivity index (χ2v) is 18.7. The summed E-state index contributed by atoms with van der Waals surface area (Å²) in [5, 5.41) is 27.6. The number of hydrogen-bond donors (Lipinski definition) is 4. The van der Waals surface area contributed by atoms with Gasteiger partial charge in [-0.3, -0.25) is 38.6 Å². The van der Waals surface area contributed by atoms with Crippen LogP contribution in [0.1, 0.15) is 105 Å². The number of nitrogens with zero attached hydrogens (tertiary/aromatic N) is 4. The van der Waals surface area contributed by atoms with Gasteiger partial charge >= 0.3 is 5.97 Å². The van der Waals surface area contributed by atoms with Crippen molar-refractivity contribution in [2.24, 2.45) is 23.7 Å². The number of amides is 6. The van der Waals surface area contributed by atoms with Crippen molar-refractivity contribution in [1.82, 2.24) is 30.2 Å². The molecular weight excluding hydrogens is 849 g/mol. The molecule has 2 aliphatic rings. The third-order valence-electron chi connectivity index (χ3n) is 13.4. The number of benzene rings is 1.